The maximum atomic E-state index is 4.52. The average molecular weight is 233 g/mol. The van der Waals surface area contributed by atoms with Crippen LogP contribution in [-0.4, -0.2) is 13.1 Å². The van der Waals surface area contributed by atoms with Crippen molar-refractivity contribution in [3.63, 3.8) is 0 Å². The van der Waals surface area contributed by atoms with Gasteiger partial charge in [-0.05, 0) is 35.2 Å². The summed E-state index contributed by atoms with van der Waals surface area (Å²) < 4.78 is 0. The Balaban J connectivity index is 3.37. The van der Waals surface area contributed by atoms with E-state index in [4.69, 9.17) is 0 Å². The zero-order chi connectivity index (χ0) is 12.5. The third kappa shape index (κ3) is 2.82. The van der Waals surface area contributed by atoms with Gasteiger partial charge in [-0.25, -0.2) is 0 Å². The van der Waals surface area contributed by atoms with Crippen molar-refractivity contribution in [2.75, 3.05) is 0 Å². The molecule has 16 heavy (non-hydrogen) atoms. The first-order valence-electron chi connectivity index (χ1n) is 5.89. The molecule has 0 aliphatic carbocycles. The lowest BCUT2D eigenvalue weighted by Crippen LogP contribution is -2.41. The predicted octanol–water partition coefficient (Wildman–Crippen LogP) is 3.78. The number of rotatable bonds is 3. The number of allylic oxidation sites excluding steroid dienone is 1. The third-order valence-corrected chi connectivity index (χ3v) is 4.84. The maximum Gasteiger partial charge on any atom is 0.0799 e. The molecule has 2 heteroatoms. The lowest BCUT2D eigenvalue weighted by molar-refractivity contribution is 0.868. The van der Waals surface area contributed by atoms with Crippen LogP contribution in [0.25, 0.3) is 5.57 Å². The summed E-state index contributed by atoms with van der Waals surface area (Å²) in [6.45, 7) is 17.6. The fourth-order valence-electron chi connectivity index (χ4n) is 1.81. The molecule has 1 aromatic heterocycles. The number of aromatic nitrogens is 1. The van der Waals surface area contributed by atoms with Crippen molar-refractivity contribution in [1.82, 2.24) is 4.98 Å². The Labute approximate surface area is 101 Å². The number of hydrogen-bond acceptors (Lipinski definition) is 1. The molecule has 0 spiro atoms. The quantitative estimate of drug-likeness (QED) is 0.724. The standard InChI is InChI=1S/C14H23NSi/c1-10(2)12-8-13(11(3)4)15-9-14(12)16(5,6)7/h8-10H,3H2,1-2,4-7H3. The van der Waals surface area contributed by atoms with Crippen LogP contribution in [0.1, 0.15) is 37.9 Å². The topological polar surface area (TPSA) is 12.9 Å². The van der Waals surface area contributed by atoms with Gasteiger partial charge in [0, 0.05) is 6.20 Å². The van der Waals surface area contributed by atoms with Crippen LogP contribution < -0.4 is 5.19 Å². The van der Waals surface area contributed by atoms with Gasteiger partial charge in [0.1, 0.15) is 0 Å². The molecule has 0 bridgehead atoms. The molecule has 0 amide bonds. The van der Waals surface area contributed by atoms with Crippen molar-refractivity contribution in [3.8, 4) is 0 Å². The molecule has 0 aromatic carbocycles. The highest BCUT2D eigenvalue weighted by molar-refractivity contribution is 6.89. The van der Waals surface area contributed by atoms with Gasteiger partial charge in [0.25, 0.3) is 0 Å². The van der Waals surface area contributed by atoms with Crippen molar-refractivity contribution < 1.29 is 0 Å². The summed E-state index contributed by atoms with van der Waals surface area (Å²) in [6.07, 6.45) is 2.07. The van der Waals surface area contributed by atoms with Crippen LogP contribution >= 0.6 is 0 Å². The van der Waals surface area contributed by atoms with Crippen LogP contribution in [0, 0.1) is 0 Å². The fourth-order valence-corrected chi connectivity index (χ4v) is 3.49. The Bertz CT molecular complexity index is 400. The lowest BCUT2D eigenvalue weighted by Gasteiger charge is -2.23. The monoisotopic (exact) mass is 233 g/mol. The van der Waals surface area contributed by atoms with E-state index in [0.717, 1.165) is 11.3 Å². The Morgan fingerprint density at radius 1 is 1.31 bits per heavy atom. The van der Waals surface area contributed by atoms with Crippen LogP contribution in [-0.2, 0) is 0 Å². The fraction of sp³-hybridized carbons (Fsp3) is 0.500. The molecule has 1 heterocycles. The average Bonchev–Trinajstić information content (AvgIpc) is 2.15. The van der Waals surface area contributed by atoms with E-state index in [1.165, 1.54) is 10.8 Å². The Kier molecular flexibility index (Phi) is 3.74. The minimum Gasteiger partial charge on any atom is -0.257 e. The van der Waals surface area contributed by atoms with Gasteiger partial charge in [-0.15, -0.1) is 0 Å². The molecular weight excluding hydrogens is 210 g/mol. The van der Waals surface area contributed by atoms with Gasteiger partial charge in [-0.3, -0.25) is 4.98 Å². The van der Waals surface area contributed by atoms with E-state index in [1.54, 1.807) is 0 Å². The highest BCUT2D eigenvalue weighted by atomic mass is 28.3. The molecule has 1 rings (SSSR count). The molecular formula is C14H23NSi. The van der Waals surface area contributed by atoms with Gasteiger partial charge in [0.15, 0.2) is 0 Å². The maximum absolute atomic E-state index is 4.52. The van der Waals surface area contributed by atoms with E-state index in [0.29, 0.717) is 5.92 Å². The molecule has 88 valence electrons. The van der Waals surface area contributed by atoms with E-state index >= 15 is 0 Å². The van der Waals surface area contributed by atoms with Gasteiger partial charge in [-0.1, -0.05) is 40.1 Å². The molecule has 0 aliphatic heterocycles. The minimum absolute atomic E-state index is 0.558. The lowest BCUT2D eigenvalue weighted by atomic mass is 10.0. The molecule has 1 nitrogen and oxygen atoms in total. The van der Waals surface area contributed by atoms with E-state index < -0.39 is 8.07 Å². The van der Waals surface area contributed by atoms with E-state index in [1.807, 2.05) is 6.92 Å². The van der Waals surface area contributed by atoms with Crippen molar-refractivity contribution in [2.45, 2.75) is 46.3 Å². The zero-order valence-electron chi connectivity index (χ0n) is 11.4. The van der Waals surface area contributed by atoms with Gasteiger partial charge >= 0.3 is 0 Å². The second-order valence-electron chi connectivity index (χ2n) is 5.84. The van der Waals surface area contributed by atoms with Gasteiger partial charge in [0.2, 0.25) is 0 Å². The minimum atomic E-state index is -1.29. The smallest absolute Gasteiger partial charge is 0.0799 e. The molecule has 0 fully saturated rings. The Morgan fingerprint density at radius 2 is 1.88 bits per heavy atom. The highest BCUT2D eigenvalue weighted by Crippen LogP contribution is 2.19. The summed E-state index contributed by atoms with van der Waals surface area (Å²) in [5, 5.41) is 1.48. The van der Waals surface area contributed by atoms with Crippen LogP contribution in [0.2, 0.25) is 19.6 Å². The first-order chi connectivity index (χ1) is 7.23. The van der Waals surface area contributed by atoms with Gasteiger partial charge < -0.3 is 0 Å². The molecule has 0 unspecified atom stereocenters. The normalized spacial score (nSPS) is 11.9. The molecule has 0 N–H and O–H groups in total. The Morgan fingerprint density at radius 3 is 2.25 bits per heavy atom. The van der Waals surface area contributed by atoms with Crippen LogP contribution in [0.5, 0.6) is 0 Å². The summed E-state index contributed by atoms with van der Waals surface area (Å²) in [4.78, 5) is 4.52. The van der Waals surface area contributed by atoms with Crippen LogP contribution in [0.4, 0.5) is 0 Å². The summed E-state index contributed by atoms with van der Waals surface area (Å²) in [6, 6.07) is 2.22. The molecule has 0 saturated heterocycles. The van der Waals surface area contributed by atoms with Crippen molar-refractivity contribution >= 4 is 18.8 Å². The largest absolute Gasteiger partial charge is 0.257 e. The van der Waals surface area contributed by atoms with Crippen molar-refractivity contribution in [1.29, 1.82) is 0 Å². The summed E-state index contributed by atoms with van der Waals surface area (Å²) in [5.41, 5.74) is 3.53. The van der Waals surface area contributed by atoms with Crippen molar-refractivity contribution in [3.05, 3.63) is 30.1 Å². The molecule has 0 radical (unpaired) electrons. The second-order valence-corrected chi connectivity index (χ2v) is 10.9. The number of pyridine rings is 1. The molecule has 0 atom stereocenters. The van der Waals surface area contributed by atoms with Crippen molar-refractivity contribution in [2.24, 2.45) is 0 Å². The Hall–Kier alpha value is -0.893. The molecule has 0 aliphatic rings. The van der Waals surface area contributed by atoms with Gasteiger partial charge in [0.05, 0.1) is 13.8 Å². The van der Waals surface area contributed by atoms with Crippen LogP contribution in [0.3, 0.4) is 0 Å². The highest BCUT2D eigenvalue weighted by Gasteiger charge is 2.22. The number of hydrogen-bond donors (Lipinski definition) is 0. The molecule has 0 saturated carbocycles. The predicted molar refractivity (Wildman–Crippen MR) is 76.0 cm³/mol. The summed E-state index contributed by atoms with van der Waals surface area (Å²) in [7, 11) is -1.29. The molecule has 1 aromatic rings. The number of nitrogens with zero attached hydrogens (tertiary/aromatic N) is 1. The summed E-state index contributed by atoms with van der Waals surface area (Å²) in [5.74, 6) is 0.558. The summed E-state index contributed by atoms with van der Waals surface area (Å²) >= 11 is 0. The third-order valence-electron chi connectivity index (χ3n) is 2.80. The van der Waals surface area contributed by atoms with E-state index in [2.05, 4.69) is 57.3 Å². The van der Waals surface area contributed by atoms with Gasteiger partial charge in [-0.2, -0.15) is 0 Å². The second kappa shape index (κ2) is 4.54. The zero-order valence-corrected chi connectivity index (χ0v) is 12.4. The first-order valence-corrected chi connectivity index (χ1v) is 9.39. The van der Waals surface area contributed by atoms with E-state index in [9.17, 15) is 0 Å². The van der Waals surface area contributed by atoms with Crippen LogP contribution in [0.15, 0.2) is 18.8 Å². The first kappa shape index (κ1) is 13.2. The van der Waals surface area contributed by atoms with E-state index in [-0.39, 0.29) is 0 Å². The SMILES string of the molecule is C=C(C)c1cc(C(C)C)c([Si](C)(C)C)cn1.